The molecule has 0 spiro atoms. The molecule has 0 unspecified atom stereocenters. The van der Waals surface area contributed by atoms with Gasteiger partial charge in [0.05, 0.1) is 0 Å². The van der Waals surface area contributed by atoms with E-state index < -0.39 is 6.43 Å². The van der Waals surface area contributed by atoms with Gasteiger partial charge in [-0.1, -0.05) is 6.07 Å². The van der Waals surface area contributed by atoms with Crippen molar-refractivity contribution < 1.29 is 8.78 Å². The minimum Gasteiger partial charge on any atom is -0.361 e. The average Bonchev–Trinajstić information content (AvgIpc) is 2.86. The van der Waals surface area contributed by atoms with E-state index in [0.717, 1.165) is 16.5 Å². The quantitative estimate of drug-likeness (QED) is 0.720. The average molecular weight is 244 g/mol. The van der Waals surface area contributed by atoms with Gasteiger partial charge in [0.2, 0.25) is 0 Å². The van der Waals surface area contributed by atoms with Gasteiger partial charge in [-0.15, -0.1) is 0 Å². The number of benzene rings is 1. The number of aromatic nitrogens is 2. The van der Waals surface area contributed by atoms with E-state index in [1.807, 2.05) is 30.5 Å². The third kappa shape index (κ3) is 1.86. The van der Waals surface area contributed by atoms with E-state index in [0.29, 0.717) is 5.56 Å². The second-order valence-electron chi connectivity index (χ2n) is 4.09. The predicted octanol–water partition coefficient (Wildman–Crippen LogP) is 4.17. The summed E-state index contributed by atoms with van der Waals surface area (Å²) in [5.74, 6) is 0. The van der Waals surface area contributed by atoms with E-state index in [-0.39, 0.29) is 5.56 Å². The van der Waals surface area contributed by atoms with Crippen LogP contribution < -0.4 is 0 Å². The molecular formula is C14H10F2N2. The first-order valence-corrected chi connectivity index (χ1v) is 5.54. The third-order valence-corrected chi connectivity index (χ3v) is 2.90. The Balaban J connectivity index is 2.10. The molecule has 0 atom stereocenters. The maximum atomic E-state index is 12.6. The fourth-order valence-electron chi connectivity index (χ4n) is 1.97. The van der Waals surface area contributed by atoms with Crippen LogP contribution in [0.1, 0.15) is 12.0 Å². The Kier molecular flexibility index (Phi) is 2.55. The predicted molar refractivity (Wildman–Crippen MR) is 66.5 cm³/mol. The SMILES string of the molecule is FC(F)c1cncc(-c2ccc3[nH]ccc3c2)c1. The minimum absolute atomic E-state index is 0.0540. The van der Waals surface area contributed by atoms with Crippen LogP contribution in [0, 0.1) is 0 Å². The molecule has 2 heterocycles. The summed E-state index contributed by atoms with van der Waals surface area (Å²) in [4.78, 5) is 6.95. The number of hydrogen-bond donors (Lipinski definition) is 1. The zero-order chi connectivity index (χ0) is 12.5. The van der Waals surface area contributed by atoms with Crippen LogP contribution in [-0.4, -0.2) is 9.97 Å². The lowest BCUT2D eigenvalue weighted by molar-refractivity contribution is 0.151. The van der Waals surface area contributed by atoms with Gasteiger partial charge >= 0.3 is 0 Å². The van der Waals surface area contributed by atoms with Crippen LogP contribution in [0.2, 0.25) is 0 Å². The maximum Gasteiger partial charge on any atom is 0.265 e. The molecular weight excluding hydrogens is 234 g/mol. The molecule has 2 aromatic heterocycles. The standard InChI is InChI=1S/C14H10F2N2/c15-14(16)12-6-11(7-17-8-12)9-1-2-13-10(5-9)3-4-18-13/h1-8,14,18H. The highest BCUT2D eigenvalue weighted by atomic mass is 19.3. The zero-order valence-electron chi connectivity index (χ0n) is 9.40. The van der Waals surface area contributed by atoms with Gasteiger partial charge in [0.15, 0.2) is 0 Å². The summed E-state index contributed by atoms with van der Waals surface area (Å²) >= 11 is 0. The molecule has 0 aliphatic carbocycles. The highest BCUT2D eigenvalue weighted by Gasteiger charge is 2.09. The molecule has 0 aliphatic rings. The molecule has 4 heteroatoms. The van der Waals surface area contributed by atoms with Crippen LogP contribution in [0.15, 0.2) is 48.9 Å². The summed E-state index contributed by atoms with van der Waals surface area (Å²) < 4.78 is 25.2. The topological polar surface area (TPSA) is 28.7 Å². The normalized spacial score (nSPS) is 11.3. The molecule has 0 aliphatic heterocycles. The molecule has 0 saturated heterocycles. The second-order valence-corrected chi connectivity index (χ2v) is 4.09. The molecule has 3 rings (SSSR count). The third-order valence-electron chi connectivity index (χ3n) is 2.90. The summed E-state index contributed by atoms with van der Waals surface area (Å²) in [5, 5.41) is 1.05. The van der Waals surface area contributed by atoms with Gasteiger partial charge < -0.3 is 4.98 Å². The lowest BCUT2D eigenvalue weighted by Crippen LogP contribution is -1.88. The largest absolute Gasteiger partial charge is 0.361 e. The van der Waals surface area contributed by atoms with Crippen LogP contribution >= 0.6 is 0 Å². The molecule has 90 valence electrons. The molecule has 0 saturated carbocycles. The van der Waals surface area contributed by atoms with Crippen LogP contribution in [0.5, 0.6) is 0 Å². The van der Waals surface area contributed by atoms with Gasteiger partial charge in [0.25, 0.3) is 6.43 Å². The number of hydrogen-bond acceptors (Lipinski definition) is 1. The van der Waals surface area contributed by atoms with E-state index in [1.165, 1.54) is 12.3 Å². The lowest BCUT2D eigenvalue weighted by atomic mass is 10.0. The number of nitrogens with zero attached hydrogens (tertiary/aromatic N) is 1. The molecule has 18 heavy (non-hydrogen) atoms. The fraction of sp³-hybridized carbons (Fsp3) is 0.0714. The first-order valence-electron chi connectivity index (χ1n) is 5.54. The number of rotatable bonds is 2. The highest BCUT2D eigenvalue weighted by molar-refractivity contribution is 5.84. The first-order chi connectivity index (χ1) is 8.74. The van der Waals surface area contributed by atoms with Gasteiger partial charge in [0.1, 0.15) is 0 Å². The maximum absolute atomic E-state index is 12.6. The summed E-state index contributed by atoms with van der Waals surface area (Å²) in [7, 11) is 0. The van der Waals surface area contributed by atoms with Gasteiger partial charge in [-0.25, -0.2) is 8.78 Å². The van der Waals surface area contributed by atoms with Crippen molar-refractivity contribution in [1.82, 2.24) is 9.97 Å². The molecule has 0 radical (unpaired) electrons. The zero-order valence-corrected chi connectivity index (χ0v) is 9.40. The van der Waals surface area contributed by atoms with E-state index in [1.54, 1.807) is 6.20 Å². The Morgan fingerprint density at radius 2 is 1.89 bits per heavy atom. The Hall–Kier alpha value is -2.23. The Morgan fingerprint density at radius 3 is 2.72 bits per heavy atom. The molecule has 0 bridgehead atoms. The second kappa shape index (κ2) is 4.22. The van der Waals surface area contributed by atoms with Crippen molar-refractivity contribution in [2.75, 3.05) is 0 Å². The van der Waals surface area contributed by atoms with E-state index in [4.69, 9.17) is 0 Å². The number of halogens is 2. The number of pyridine rings is 1. The van der Waals surface area contributed by atoms with Crippen LogP contribution in [0.4, 0.5) is 8.78 Å². The Bertz CT molecular complexity index is 689. The van der Waals surface area contributed by atoms with Crippen LogP contribution in [-0.2, 0) is 0 Å². The Morgan fingerprint density at radius 1 is 1.00 bits per heavy atom. The van der Waals surface area contributed by atoms with Crippen LogP contribution in [0.3, 0.4) is 0 Å². The number of aromatic amines is 1. The van der Waals surface area contributed by atoms with Crippen molar-refractivity contribution in [3.63, 3.8) is 0 Å². The van der Waals surface area contributed by atoms with E-state index in [9.17, 15) is 8.78 Å². The summed E-state index contributed by atoms with van der Waals surface area (Å²) in [6.07, 6.45) is 2.15. The van der Waals surface area contributed by atoms with Gasteiger partial charge in [-0.2, -0.15) is 0 Å². The van der Waals surface area contributed by atoms with E-state index >= 15 is 0 Å². The van der Waals surface area contributed by atoms with Gasteiger partial charge in [-0.05, 0) is 35.2 Å². The first kappa shape index (κ1) is 10.9. The highest BCUT2D eigenvalue weighted by Crippen LogP contribution is 2.26. The summed E-state index contributed by atoms with van der Waals surface area (Å²) in [5.41, 5.74) is 2.56. The molecule has 3 aromatic rings. The van der Waals surface area contributed by atoms with Crippen molar-refractivity contribution in [3.8, 4) is 11.1 Å². The summed E-state index contributed by atoms with van der Waals surface area (Å²) in [6, 6.07) is 9.21. The van der Waals surface area contributed by atoms with Crippen molar-refractivity contribution >= 4 is 10.9 Å². The molecule has 0 fully saturated rings. The van der Waals surface area contributed by atoms with Crippen molar-refractivity contribution in [3.05, 3.63) is 54.5 Å². The molecule has 1 N–H and O–H groups in total. The number of nitrogens with one attached hydrogen (secondary N) is 1. The number of fused-ring (bicyclic) bond motifs is 1. The van der Waals surface area contributed by atoms with Crippen molar-refractivity contribution in [2.45, 2.75) is 6.43 Å². The minimum atomic E-state index is -2.49. The number of H-pyrrole nitrogens is 1. The smallest absolute Gasteiger partial charge is 0.265 e. The number of alkyl halides is 2. The monoisotopic (exact) mass is 244 g/mol. The van der Waals surface area contributed by atoms with Gasteiger partial charge in [0, 0.05) is 35.2 Å². The van der Waals surface area contributed by atoms with Gasteiger partial charge in [-0.3, -0.25) is 4.98 Å². The van der Waals surface area contributed by atoms with E-state index in [2.05, 4.69) is 9.97 Å². The van der Waals surface area contributed by atoms with Crippen LogP contribution in [0.25, 0.3) is 22.0 Å². The Labute approximate surface area is 102 Å². The lowest BCUT2D eigenvalue weighted by Gasteiger charge is -2.04. The molecule has 0 amide bonds. The van der Waals surface area contributed by atoms with Crippen molar-refractivity contribution in [1.29, 1.82) is 0 Å². The molecule has 1 aromatic carbocycles. The fourth-order valence-corrected chi connectivity index (χ4v) is 1.97. The van der Waals surface area contributed by atoms with Crippen molar-refractivity contribution in [2.24, 2.45) is 0 Å². The molecule has 2 nitrogen and oxygen atoms in total. The summed E-state index contributed by atoms with van der Waals surface area (Å²) in [6.45, 7) is 0.